The number of rotatable bonds is 3. The van der Waals surface area contributed by atoms with Crippen LogP contribution < -0.4 is 4.90 Å². The van der Waals surface area contributed by atoms with E-state index in [0.717, 1.165) is 33.6 Å². The third-order valence-corrected chi connectivity index (χ3v) is 7.02. The third kappa shape index (κ3) is 3.01. The lowest BCUT2D eigenvalue weighted by atomic mass is 9.92. The smallest absolute Gasteiger partial charge is 0.259 e. The van der Waals surface area contributed by atoms with Gasteiger partial charge in [0.1, 0.15) is 0 Å². The van der Waals surface area contributed by atoms with Crippen molar-refractivity contribution in [3.05, 3.63) is 125 Å². The van der Waals surface area contributed by atoms with Crippen LogP contribution in [0.15, 0.2) is 97.1 Å². The van der Waals surface area contributed by atoms with Crippen LogP contribution in [-0.4, -0.2) is 10.5 Å². The van der Waals surface area contributed by atoms with Gasteiger partial charge in [0.15, 0.2) is 0 Å². The van der Waals surface area contributed by atoms with Gasteiger partial charge in [-0.25, -0.2) is 0 Å². The van der Waals surface area contributed by atoms with Crippen LogP contribution in [0.1, 0.15) is 38.7 Å². The SMILES string of the molecule is Cc1ccc(-c2c([C@@H]3c4ccccc4C(=O)N3c3ccc(C)cc3)c3ccccc3n2C)cc1. The predicted octanol–water partition coefficient (Wildman–Crippen LogP) is 7.21. The topological polar surface area (TPSA) is 25.2 Å². The van der Waals surface area contributed by atoms with Crippen molar-refractivity contribution in [2.75, 3.05) is 4.90 Å². The van der Waals surface area contributed by atoms with Gasteiger partial charge >= 0.3 is 0 Å². The fourth-order valence-electron chi connectivity index (χ4n) is 5.33. The Morgan fingerprint density at radius 2 is 1.32 bits per heavy atom. The minimum absolute atomic E-state index is 0.0484. The van der Waals surface area contributed by atoms with E-state index in [-0.39, 0.29) is 11.9 Å². The third-order valence-electron chi connectivity index (χ3n) is 7.02. The van der Waals surface area contributed by atoms with Crippen LogP contribution >= 0.6 is 0 Å². The number of hydrogen-bond donors (Lipinski definition) is 0. The molecule has 1 atom stereocenters. The van der Waals surface area contributed by atoms with Gasteiger partial charge in [-0.1, -0.05) is 83.9 Å². The van der Waals surface area contributed by atoms with Crippen LogP contribution in [0.4, 0.5) is 5.69 Å². The van der Waals surface area contributed by atoms with Gasteiger partial charge in [0.25, 0.3) is 5.91 Å². The highest BCUT2D eigenvalue weighted by atomic mass is 16.2. The molecule has 4 aromatic carbocycles. The monoisotopic (exact) mass is 442 g/mol. The van der Waals surface area contributed by atoms with Crippen LogP contribution in [0.3, 0.4) is 0 Å². The maximum absolute atomic E-state index is 13.8. The normalized spacial score (nSPS) is 15.2. The zero-order chi connectivity index (χ0) is 23.4. The molecule has 166 valence electrons. The van der Waals surface area contributed by atoms with E-state index < -0.39 is 0 Å². The zero-order valence-electron chi connectivity index (χ0n) is 19.6. The summed E-state index contributed by atoms with van der Waals surface area (Å²) in [6.07, 6.45) is 0. The van der Waals surface area contributed by atoms with E-state index in [1.54, 1.807) is 0 Å². The Morgan fingerprint density at radius 3 is 2.06 bits per heavy atom. The van der Waals surface area contributed by atoms with E-state index in [4.69, 9.17) is 0 Å². The Kier molecular flexibility index (Phi) is 4.66. The molecular weight excluding hydrogens is 416 g/mol. The number of amides is 1. The van der Waals surface area contributed by atoms with Crippen molar-refractivity contribution in [2.45, 2.75) is 19.9 Å². The van der Waals surface area contributed by atoms with Crippen LogP contribution in [0.25, 0.3) is 22.2 Å². The first kappa shape index (κ1) is 20.5. The molecule has 0 spiro atoms. The molecule has 1 amide bonds. The molecular formula is C31H26N2O. The van der Waals surface area contributed by atoms with Gasteiger partial charge in [0, 0.05) is 34.8 Å². The minimum atomic E-state index is -0.214. The quantitative estimate of drug-likeness (QED) is 0.290. The number of anilines is 1. The molecule has 3 nitrogen and oxygen atoms in total. The molecule has 0 saturated carbocycles. The maximum atomic E-state index is 13.8. The highest BCUT2D eigenvalue weighted by Gasteiger charge is 2.41. The number of aryl methyl sites for hydroxylation is 3. The standard InChI is InChI=1S/C31H26N2O/c1-20-12-16-22(17-13-20)29-28(26-10-6-7-11-27(26)32(29)3)30-24-8-4-5-9-25(24)31(34)33(30)23-18-14-21(2)15-19-23/h4-19,30H,1-3H3/t30-/m0/s1. The number of aromatic nitrogens is 1. The van der Waals surface area contributed by atoms with Crippen molar-refractivity contribution in [3.63, 3.8) is 0 Å². The Morgan fingerprint density at radius 1 is 0.706 bits per heavy atom. The average Bonchev–Trinajstić information content (AvgIpc) is 3.31. The molecule has 5 aromatic rings. The molecule has 1 aromatic heterocycles. The lowest BCUT2D eigenvalue weighted by Crippen LogP contribution is -2.28. The van der Waals surface area contributed by atoms with Crippen LogP contribution in [0, 0.1) is 13.8 Å². The van der Waals surface area contributed by atoms with Crippen molar-refractivity contribution >= 4 is 22.5 Å². The fourth-order valence-corrected chi connectivity index (χ4v) is 5.33. The minimum Gasteiger partial charge on any atom is -0.343 e. The fraction of sp³-hybridized carbons (Fsp3) is 0.129. The summed E-state index contributed by atoms with van der Waals surface area (Å²) in [4.78, 5) is 15.8. The summed E-state index contributed by atoms with van der Waals surface area (Å²) in [6.45, 7) is 4.18. The largest absolute Gasteiger partial charge is 0.343 e. The second kappa shape index (κ2) is 7.74. The highest BCUT2D eigenvalue weighted by molar-refractivity contribution is 6.13. The first-order valence-corrected chi connectivity index (χ1v) is 11.7. The predicted molar refractivity (Wildman–Crippen MR) is 139 cm³/mol. The molecule has 2 heterocycles. The number of hydrogen-bond acceptors (Lipinski definition) is 1. The van der Waals surface area contributed by atoms with Crippen LogP contribution in [0.2, 0.25) is 0 Å². The molecule has 0 bridgehead atoms. The second-order valence-corrected chi connectivity index (χ2v) is 9.20. The number of fused-ring (bicyclic) bond motifs is 2. The van der Waals surface area contributed by atoms with Gasteiger partial charge in [-0.3, -0.25) is 9.69 Å². The van der Waals surface area contributed by atoms with Crippen molar-refractivity contribution in [1.29, 1.82) is 0 Å². The van der Waals surface area contributed by atoms with Gasteiger partial charge < -0.3 is 4.57 Å². The summed E-state index contributed by atoms with van der Waals surface area (Å²) in [5.74, 6) is 0.0484. The highest BCUT2D eigenvalue weighted by Crippen LogP contribution is 2.48. The summed E-state index contributed by atoms with van der Waals surface area (Å²) in [7, 11) is 2.12. The first-order chi connectivity index (χ1) is 16.5. The van der Waals surface area contributed by atoms with E-state index in [1.807, 2.05) is 23.1 Å². The molecule has 0 unspecified atom stereocenters. The maximum Gasteiger partial charge on any atom is 0.259 e. The van der Waals surface area contributed by atoms with E-state index in [2.05, 4.69) is 104 Å². The Balaban J connectivity index is 1.69. The second-order valence-electron chi connectivity index (χ2n) is 9.20. The van der Waals surface area contributed by atoms with E-state index in [0.29, 0.717) is 0 Å². The summed E-state index contributed by atoms with van der Waals surface area (Å²) in [6, 6.07) is 33.3. The van der Waals surface area contributed by atoms with Crippen molar-refractivity contribution < 1.29 is 4.79 Å². The van der Waals surface area contributed by atoms with Crippen molar-refractivity contribution in [2.24, 2.45) is 7.05 Å². The number of para-hydroxylation sites is 1. The van der Waals surface area contributed by atoms with E-state index in [1.165, 1.54) is 22.1 Å². The molecule has 0 N–H and O–H groups in total. The Labute approximate surface area is 199 Å². The Bertz CT molecular complexity index is 1540. The van der Waals surface area contributed by atoms with Crippen LogP contribution in [0.5, 0.6) is 0 Å². The Hall–Kier alpha value is -4.11. The van der Waals surface area contributed by atoms with Crippen molar-refractivity contribution in [3.8, 4) is 11.3 Å². The molecule has 1 aliphatic rings. The number of benzene rings is 4. The molecule has 6 rings (SSSR count). The number of nitrogens with zero attached hydrogens (tertiary/aromatic N) is 2. The van der Waals surface area contributed by atoms with Gasteiger partial charge in [0.05, 0.1) is 11.7 Å². The van der Waals surface area contributed by atoms with E-state index in [9.17, 15) is 4.79 Å². The molecule has 0 aliphatic carbocycles. The molecule has 0 fully saturated rings. The van der Waals surface area contributed by atoms with Gasteiger partial charge in [-0.2, -0.15) is 0 Å². The lowest BCUT2D eigenvalue weighted by molar-refractivity contribution is 0.0993. The van der Waals surface area contributed by atoms with Gasteiger partial charge in [-0.15, -0.1) is 0 Å². The molecule has 1 aliphatic heterocycles. The molecule has 34 heavy (non-hydrogen) atoms. The van der Waals surface area contributed by atoms with Crippen LogP contribution in [-0.2, 0) is 7.05 Å². The van der Waals surface area contributed by atoms with Crippen molar-refractivity contribution in [1.82, 2.24) is 4.57 Å². The van der Waals surface area contributed by atoms with Gasteiger partial charge in [-0.05, 0) is 49.2 Å². The summed E-state index contributed by atoms with van der Waals surface area (Å²) < 4.78 is 2.27. The summed E-state index contributed by atoms with van der Waals surface area (Å²) in [5, 5.41) is 1.17. The van der Waals surface area contributed by atoms with Gasteiger partial charge in [0.2, 0.25) is 0 Å². The first-order valence-electron chi connectivity index (χ1n) is 11.7. The summed E-state index contributed by atoms with van der Waals surface area (Å²) >= 11 is 0. The molecule has 3 heteroatoms. The number of carbonyl (C=O) groups is 1. The van der Waals surface area contributed by atoms with E-state index >= 15 is 0 Å². The average molecular weight is 443 g/mol. The number of carbonyl (C=O) groups excluding carboxylic acids is 1. The zero-order valence-corrected chi connectivity index (χ0v) is 19.6. The summed E-state index contributed by atoms with van der Waals surface area (Å²) in [5.41, 5.74) is 9.78. The lowest BCUT2D eigenvalue weighted by Gasteiger charge is -2.27. The molecule has 0 radical (unpaired) electrons. The molecule has 0 saturated heterocycles.